The molecule has 7 atom stereocenters. The Morgan fingerprint density at radius 2 is 1.94 bits per heavy atom. The fourth-order valence-corrected chi connectivity index (χ4v) is 8.68. The smallest absolute Gasteiger partial charge is 0.248 e. The molecular weight excluding hydrogens is 474 g/mol. The Morgan fingerprint density at radius 3 is 2.53 bits per heavy atom. The average molecular weight is 508 g/mol. The zero-order valence-corrected chi connectivity index (χ0v) is 21.7. The van der Waals surface area contributed by atoms with E-state index in [9.17, 15) is 19.5 Å². The second-order valence-electron chi connectivity index (χ2n) is 10.1. The van der Waals surface area contributed by atoms with Gasteiger partial charge < -0.3 is 20.6 Å². The van der Waals surface area contributed by atoms with E-state index in [1.54, 1.807) is 40.9 Å². The van der Waals surface area contributed by atoms with Crippen LogP contribution >= 0.6 is 23.4 Å². The minimum absolute atomic E-state index is 0.000384. The number of anilines is 1. The molecular formula is C25H34ClN3O4S. The topological polar surface area (TPSA) is 98.7 Å². The number of rotatable bonds is 8. The summed E-state index contributed by atoms with van der Waals surface area (Å²) in [5.41, 5.74) is 0.592. The van der Waals surface area contributed by atoms with E-state index in [2.05, 4.69) is 17.6 Å². The predicted octanol–water partition coefficient (Wildman–Crippen LogP) is 3.16. The molecule has 3 amide bonds. The van der Waals surface area contributed by atoms with Gasteiger partial charge in [-0.05, 0) is 48.9 Å². The van der Waals surface area contributed by atoms with E-state index in [1.807, 2.05) is 20.8 Å². The van der Waals surface area contributed by atoms with Gasteiger partial charge >= 0.3 is 0 Å². The second kappa shape index (κ2) is 9.70. The Kier molecular flexibility index (Phi) is 7.23. The van der Waals surface area contributed by atoms with Gasteiger partial charge in [-0.15, -0.1) is 11.8 Å². The molecule has 186 valence electrons. The van der Waals surface area contributed by atoms with Crippen LogP contribution in [0.5, 0.6) is 0 Å². The maximum absolute atomic E-state index is 14.0. The molecule has 0 aliphatic carbocycles. The number of fused-ring (bicyclic) bond motifs is 1. The van der Waals surface area contributed by atoms with E-state index >= 15 is 0 Å². The summed E-state index contributed by atoms with van der Waals surface area (Å²) < 4.78 is -0.714. The molecule has 0 aromatic heterocycles. The van der Waals surface area contributed by atoms with Crippen LogP contribution in [-0.2, 0) is 14.4 Å². The Balaban J connectivity index is 1.76. The number of carbonyl (C=O) groups excluding carboxylic acids is 3. The highest BCUT2D eigenvalue weighted by molar-refractivity contribution is 8.02. The Bertz CT molecular complexity index is 958. The number of aliphatic hydroxyl groups excluding tert-OH is 1. The van der Waals surface area contributed by atoms with Crippen LogP contribution in [-0.4, -0.2) is 63.0 Å². The van der Waals surface area contributed by atoms with Gasteiger partial charge in [0.1, 0.15) is 6.04 Å². The molecule has 3 aliphatic rings. The summed E-state index contributed by atoms with van der Waals surface area (Å²) in [6, 6.07) is 5.56. The lowest BCUT2D eigenvalue weighted by Gasteiger charge is -2.40. The molecule has 3 unspecified atom stereocenters. The fraction of sp³-hybridized carbons (Fsp3) is 0.640. The quantitative estimate of drug-likeness (QED) is 0.502. The molecule has 3 fully saturated rings. The van der Waals surface area contributed by atoms with Gasteiger partial charge in [-0.1, -0.05) is 39.3 Å². The highest BCUT2D eigenvalue weighted by Gasteiger charge is 2.76. The highest BCUT2D eigenvalue weighted by atomic mass is 35.5. The largest absolute Gasteiger partial charge is 0.394 e. The van der Waals surface area contributed by atoms with Gasteiger partial charge in [0.2, 0.25) is 17.7 Å². The van der Waals surface area contributed by atoms with Crippen LogP contribution in [0.2, 0.25) is 5.02 Å². The number of likely N-dealkylation sites (tertiary alicyclic amines) is 1. The molecule has 34 heavy (non-hydrogen) atoms. The second-order valence-corrected chi connectivity index (χ2v) is 12.1. The zero-order valence-electron chi connectivity index (χ0n) is 20.1. The van der Waals surface area contributed by atoms with E-state index in [0.29, 0.717) is 17.3 Å². The first-order chi connectivity index (χ1) is 16.2. The van der Waals surface area contributed by atoms with Gasteiger partial charge in [0.15, 0.2) is 0 Å². The number of nitrogens with one attached hydrogen (secondary N) is 2. The number of halogens is 1. The zero-order chi connectivity index (χ0) is 24.8. The summed E-state index contributed by atoms with van der Waals surface area (Å²) in [6.07, 6.45) is 1.59. The number of nitrogens with zero attached hydrogens (tertiary/aromatic N) is 1. The van der Waals surface area contributed by atoms with Gasteiger partial charge in [-0.25, -0.2) is 0 Å². The Labute approximate surface area is 210 Å². The standard InChI is InChI=1S/C25H34ClN3O4S/c1-5-10-27-22(31)19-18-11-14(4)25(34-18)20(19)24(33)29(17(12-30)13(2)3)21(25)23(32)28-16-8-6-15(26)7-9-16/h6-9,13-14,17-21,30H,5,10-12H2,1-4H3,(H,27,31)(H,28,32)/t14?,17-,18-,19+,20-,21?,25?/m0/s1. The van der Waals surface area contributed by atoms with Crippen LogP contribution in [0.15, 0.2) is 24.3 Å². The van der Waals surface area contributed by atoms with E-state index in [4.69, 9.17) is 11.6 Å². The third kappa shape index (κ3) is 3.91. The van der Waals surface area contributed by atoms with Crippen molar-refractivity contribution in [2.45, 2.75) is 62.6 Å². The van der Waals surface area contributed by atoms with Crippen molar-refractivity contribution in [1.29, 1.82) is 0 Å². The van der Waals surface area contributed by atoms with Crippen molar-refractivity contribution in [2.75, 3.05) is 18.5 Å². The van der Waals surface area contributed by atoms with Crippen molar-refractivity contribution in [3.8, 4) is 0 Å². The summed E-state index contributed by atoms with van der Waals surface area (Å²) in [5, 5.41) is 16.8. The molecule has 3 N–H and O–H groups in total. The third-order valence-corrected chi connectivity index (χ3v) is 10.0. The molecule has 1 spiro atoms. The molecule has 3 aliphatic heterocycles. The Morgan fingerprint density at radius 1 is 1.26 bits per heavy atom. The number of hydrogen-bond acceptors (Lipinski definition) is 5. The molecule has 9 heteroatoms. The van der Waals surface area contributed by atoms with Gasteiger partial charge in [-0.3, -0.25) is 14.4 Å². The minimum atomic E-state index is -0.783. The summed E-state index contributed by atoms with van der Waals surface area (Å²) in [5.74, 6) is -1.62. The lowest BCUT2D eigenvalue weighted by atomic mass is 9.66. The molecule has 1 aromatic carbocycles. The van der Waals surface area contributed by atoms with Crippen LogP contribution in [0, 0.1) is 23.7 Å². The van der Waals surface area contributed by atoms with Crippen molar-refractivity contribution in [3.05, 3.63) is 29.3 Å². The maximum Gasteiger partial charge on any atom is 0.248 e. The first kappa shape index (κ1) is 25.3. The summed E-state index contributed by atoms with van der Waals surface area (Å²) >= 11 is 7.64. The number of amides is 3. The highest BCUT2D eigenvalue weighted by Crippen LogP contribution is 2.68. The maximum atomic E-state index is 14.0. The van der Waals surface area contributed by atoms with Gasteiger partial charge in [0.05, 0.1) is 29.2 Å². The van der Waals surface area contributed by atoms with Crippen molar-refractivity contribution in [2.24, 2.45) is 23.7 Å². The van der Waals surface area contributed by atoms with E-state index in [-0.39, 0.29) is 41.4 Å². The molecule has 0 radical (unpaired) electrons. The van der Waals surface area contributed by atoms with Gasteiger partial charge in [-0.2, -0.15) is 0 Å². The monoisotopic (exact) mass is 507 g/mol. The van der Waals surface area contributed by atoms with Crippen molar-refractivity contribution in [1.82, 2.24) is 10.2 Å². The van der Waals surface area contributed by atoms with Gasteiger partial charge in [0, 0.05) is 22.5 Å². The minimum Gasteiger partial charge on any atom is -0.394 e. The van der Waals surface area contributed by atoms with Crippen LogP contribution in [0.3, 0.4) is 0 Å². The first-order valence-electron chi connectivity index (χ1n) is 12.1. The molecule has 7 nitrogen and oxygen atoms in total. The SMILES string of the molecule is CCCNC(=O)[C@@H]1[C@@H]2CC(C)C3(S2)C(C(=O)Nc2ccc(Cl)cc2)N([C@@H](CO)C(C)C)C(=O)[C@H]13. The summed E-state index contributed by atoms with van der Waals surface area (Å²) in [4.78, 5) is 42.7. The number of benzene rings is 1. The van der Waals surface area contributed by atoms with E-state index < -0.39 is 28.7 Å². The fourth-order valence-electron chi connectivity index (χ4n) is 6.15. The summed E-state index contributed by atoms with van der Waals surface area (Å²) in [6.45, 7) is 8.27. The normalized spacial score (nSPS) is 32.7. The average Bonchev–Trinajstić information content (AvgIpc) is 3.38. The van der Waals surface area contributed by atoms with Crippen molar-refractivity contribution < 1.29 is 19.5 Å². The molecule has 1 aromatic rings. The van der Waals surface area contributed by atoms with Crippen LogP contribution in [0.1, 0.15) is 40.5 Å². The number of thioether (sulfide) groups is 1. The molecule has 2 bridgehead atoms. The lowest BCUT2D eigenvalue weighted by Crippen LogP contribution is -2.58. The lowest BCUT2D eigenvalue weighted by molar-refractivity contribution is -0.143. The third-order valence-electron chi connectivity index (χ3n) is 7.71. The number of carbonyl (C=O) groups is 3. The summed E-state index contributed by atoms with van der Waals surface area (Å²) in [7, 11) is 0. The molecule has 3 heterocycles. The van der Waals surface area contributed by atoms with E-state index in [1.165, 1.54) is 0 Å². The molecule has 0 saturated carbocycles. The van der Waals surface area contributed by atoms with Crippen LogP contribution < -0.4 is 10.6 Å². The van der Waals surface area contributed by atoms with Crippen molar-refractivity contribution in [3.63, 3.8) is 0 Å². The van der Waals surface area contributed by atoms with Crippen LogP contribution in [0.4, 0.5) is 5.69 Å². The van der Waals surface area contributed by atoms with E-state index in [0.717, 1.165) is 12.8 Å². The predicted molar refractivity (Wildman–Crippen MR) is 135 cm³/mol. The van der Waals surface area contributed by atoms with Gasteiger partial charge in [0.25, 0.3) is 0 Å². The molecule has 4 rings (SSSR count). The van der Waals surface area contributed by atoms with Crippen molar-refractivity contribution >= 4 is 46.8 Å². The Hall–Kier alpha value is -1.77. The number of hydrogen-bond donors (Lipinski definition) is 3. The number of aliphatic hydroxyl groups is 1. The van der Waals surface area contributed by atoms with Crippen LogP contribution in [0.25, 0.3) is 0 Å². The first-order valence-corrected chi connectivity index (χ1v) is 13.4. The molecule has 3 saturated heterocycles.